The van der Waals surface area contributed by atoms with Gasteiger partial charge in [-0.2, -0.15) is 0 Å². The Bertz CT molecular complexity index is 705. The van der Waals surface area contributed by atoms with Gasteiger partial charge in [-0.15, -0.1) is 0 Å². The molecule has 2 N–H and O–H groups in total. The van der Waals surface area contributed by atoms with Crippen LogP contribution in [0.2, 0.25) is 0 Å². The molecular formula is C18H22N2O6. The second-order valence-corrected chi connectivity index (χ2v) is 6.34. The topological polar surface area (TPSA) is 105 Å². The van der Waals surface area contributed by atoms with Gasteiger partial charge in [-0.1, -0.05) is 0 Å². The molecule has 3 rings (SSSR count). The van der Waals surface area contributed by atoms with Crippen LogP contribution in [0.25, 0.3) is 0 Å². The maximum atomic E-state index is 12.3. The zero-order valence-corrected chi connectivity index (χ0v) is 14.4. The molecule has 1 aromatic rings. The van der Waals surface area contributed by atoms with E-state index in [1.54, 1.807) is 6.07 Å². The smallest absolute Gasteiger partial charge is 0.328 e. The molecule has 0 bridgehead atoms. The summed E-state index contributed by atoms with van der Waals surface area (Å²) in [6, 6.07) is 4.60. The molecule has 0 spiro atoms. The molecule has 2 aliphatic rings. The highest BCUT2D eigenvalue weighted by Crippen LogP contribution is 2.26. The van der Waals surface area contributed by atoms with Gasteiger partial charge in [-0.05, 0) is 36.6 Å². The van der Waals surface area contributed by atoms with Gasteiger partial charge in [-0.3, -0.25) is 9.59 Å². The number of carboxylic acid groups (broad SMARTS) is 1. The SMILES string of the molecule is O=C1CCc2cc(OCCCC(=O)N3CCOCC3C(=O)O)ccc2N1. The number of aliphatic carboxylic acids is 1. The fourth-order valence-corrected chi connectivity index (χ4v) is 3.11. The Morgan fingerprint density at radius 1 is 1.35 bits per heavy atom. The molecule has 2 aliphatic heterocycles. The molecule has 8 nitrogen and oxygen atoms in total. The molecule has 0 saturated carbocycles. The monoisotopic (exact) mass is 362 g/mol. The summed E-state index contributed by atoms with van der Waals surface area (Å²) in [5, 5.41) is 12.0. The summed E-state index contributed by atoms with van der Waals surface area (Å²) in [5.74, 6) is -0.525. The van der Waals surface area contributed by atoms with E-state index in [2.05, 4.69) is 5.32 Å². The number of rotatable bonds is 6. The minimum absolute atomic E-state index is 0.0208. The molecule has 1 unspecified atom stereocenters. The summed E-state index contributed by atoms with van der Waals surface area (Å²) in [7, 11) is 0. The number of ether oxygens (including phenoxy) is 2. The Hall–Kier alpha value is -2.61. The van der Waals surface area contributed by atoms with Gasteiger partial charge < -0.3 is 24.8 Å². The van der Waals surface area contributed by atoms with Crippen molar-refractivity contribution in [3.05, 3.63) is 23.8 Å². The number of carbonyl (C=O) groups is 3. The zero-order chi connectivity index (χ0) is 18.5. The van der Waals surface area contributed by atoms with E-state index in [1.165, 1.54) is 4.90 Å². The van der Waals surface area contributed by atoms with E-state index in [0.717, 1.165) is 11.3 Å². The fourth-order valence-electron chi connectivity index (χ4n) is 3.11. The van der Waals surface area contributed by atoms with Crippen molar-refractivity contribution in [3.8, 4) is 5.75 Å². The lowest BCUT2D eigenvalue weighted by Crippen LogP contribution is -2.52. The van der Waals surface area contributed by atoms with Crippen LogP contribution in [0.3, 0.4) is 0 Å². The van der Waals surface area contributed by atoms with Gasteiger partial charge in [-0.25, -0.2) is 4.79 Å². The Kier molecular flexibility index (Phi) is 5.72. The first-order valence-corrected chi connectivity index (χ1v) is 8.70. The molecule has 8 heteroatoms. The van der Waals surface area contributed by atoms with E-state index in [0.29, 0.717) is 44.8 Å². The van der Waals surface area contributed by atoms with E-state index in [4.69, 9.17) is 14.6 Å². The number of benzene rings is 1. The number of amides is 2. The molecule has 2 amide bonds. The second-order valence-electron chi connectivity index (χ2n) is 6.34. The van der Waals surface area contributed by atoms with Gasteiger partial charge in [0.2, 0.25) is 11.8 Å². The Morgan fingerprint density at radius 3 is 3.00 bits per heavy atom. The van der Waals surface area contributed by atoms with Crippen LogP contribution in [0.15, 0.2) is 18.2 Å². The van der Waals surface area contributed by atoms with E-state index < -0.39 is 12.0 Å². The van der Waals surface area contributed by atoms with Crippen molar-refractivity contribution in [1.29, 1.82) is 0 Å². The van der Waals surface area contributed by atoms with Crippen LogP contribution in [0, 0.1) is 0 Å². The maximum absolute atomic E-state index is 12.3. The fraction of sp³-hybridized carbons (Fsp3) is 0.500. The number of hydrogen-bond acceptors (Lipinski definition) is 5. The number of nitrogens with one attached hydrogen (secondary N) is 1. The number of anilines is 1. The summed E-state index contributed by atoms with van der Waals surface area (Å²) in [4.78, 5) is 36.2. The summed E-state index contributed by atoms with van der Waals surface area (Å²) in [6.45, 7) is 1.05. The van der Waals surface area contributed by atoms with Gasteiger partial charge in [0.25, 0.3) is 0 Å². The predicted molar refractivity (Wildman–Crippen MR) is 92.1 cm³/mol. The molecule has 1 atom stereocenters. The Balaban J connectivity index is 1.46. The van der Waals surface area contributed by atoms with Crippen LogP contribution < -0.4 is 10.1 Å². The van der Waals surface area contributed by atoms with E-state index in [1.807, 2.05) is 12.1 Å². The number of carboxylic acids is 1. The summed E-state index contributed by atoms with van der Waals surface area (Å²) >= 11 is 0. The van der Waals surface area contributed by atoms with Gasteiger partial charge >= 0.3 is 5.97 Å². The lowest BCUT2D eigenvalue weighted by molar-refractivity contribution is -0.158. The Morgan fingerprint density at radius 2 is 2.19 bits per heavy atom. The third-order valence-electron chi connectivity index (χ3n) is 4.51. The third-order valence-corrected chi connectivity index (χ3v) is 4.51. The first kappa shape index (κ1) is 18.2. The van der Waals surface area contributed by atoms with Gasteiger partial charge in [0.05, 0.1) is 19.8 Å². The van der Waals surface area contributed by atoms with Crippen molar-refractivity contribution in [1.82, 2.24) is 4.90 Å². The molecule has 0 aliphatic carbocycles. The Labute approximate surface area is 151 Å². The molecule has 0 radical (unpaired) electrons. The molecule has 0 aromatic heterocycles. The first-order chi connectivity index (χ1) is 12.5. The molecule has 2 heterocycles. The van der Waals surface area contributed by atoms with Crippen molar-refractivity contribution in [3.63, 3.8) is 0 Å². The van der Waals surface area contributed by atoms with E-state index in [-0.39, 0.29) is 24.8 Å². The number of nitrogens with zero attached hydrogens (tertiary/aromatic N) is 1. The molecule has 1 fully saturated rings. The van der Waals surface area contributed by atoms with Crippen molar-refractivity contribution in [2.24, 2.45) is 0 Å². The molecule has 1 saturated heterocycles. The van der Waals surface area contributed by atoms with Crippen molar-refractivity contribution in [2.45, 2.75) is 31.7 Å². The summed E-state index contributed by atoms with van der Waals surface area (Å²) in [6.07, 6.45) is 1.88. The minimum Gasteiger partial charge on any atom is -0.494 e. The van der Waals surface area contributed by atoms with Crippen LogP contribution >= 0.6 is 0 Å². The molecule has 1 aromatic carbocycles. The number of fused-ring (bicyclic) bond motifs is 1. The standard InChI is InChI=1S/C18H22N2O6/c21-16-6-3-12-10-13(4-5-14(12)19-16)26-8-1-2-17(22)20-7-9-25-11-15(20)18(23)24/h4-5,10,15H,1-3,6-9,11H2,(H,19,21)(H,23,24). The van der Waals surface area contributed by atoms with Crippen molar-refractivity contribution >= 4 is 23.5 Å². The van der Waals surface area contributed by atoms with Crippen LogP contribution in [0.4, 0.5) is 5.69 Å². The molecule has 140 valence electrons. The quantitative estimate of drug-likeness (QED) is 0.733. The lowest BCUT2D eigenvalue weighted by Gasteiger charge is -2.32. The number of aryl methyl sites for hydroxylation is 1. The minimum atomic E-state index is -1.05. The third kappa shape index (κ3) is 4.32. The largest absolute Gasteiger partial charge is 0.494 e. The summed E-state index contributed by atoms with van der Waals surface area (Å²) < 4.78 is 10.8. The number of hydrogen-bond donors (Lipinski definition) is 2. The molecule has 26 heavy (non-hydrogen) atoms. The van der Waals surface area contributed by atoms with Crippen LogP contribution in [-0.4, -0.2) is 60.2 Å². The van der Waals surface area contributed by atoms with Crippen LogP contribution in [0.5, 0.6) is 5.75 Å². The zero-order valence-electron chi connectivity index (χ0n) is 14.4. The maximum Gasteiger partial charge on any atom is 0.328 e. The predicted octanol–water partition coefficient (Wildman–Crippen LogP) is 1.04. The lowest BCUT2D eigenvalue weighted by atomic mass is 10.0. The second kappa shape index (κ2) is 8.18. The highest BCUT2D eigenvalue weighted by Gasteiger charge is 2.32. The van der Waals surface area contributed by atoms with Crippen molar-refractivity contribution in [2.75, 3.05) is 31.7 Å². The number of carbonyl (C=O) groups excluding carboxylic acids is 2. The normalized spacial score (nSPS) is 19.5. The van der Waals surface area contributed by atoms with Gasteiger partial charge in [0.1, 0.15) is 5.75 Å². The average molecular weight is 362 g/mol. The molecular weight excluding hydrogens is 340 g/mol. The van der Waals surface area contributed by atoms with Gasteiger partial charge in [0, 0.05) is 25.1 Å². The van der Waals surface area contributed by atoms with E-state index >= 15 is 0 Å². The van der Waals surface area contributed by atoms with Crippen LogP contribution in [-0.2, 0) is 25.5 Å². The average Bonchev–Trinajstić information content (AvgIpc) is 2.65. The van der Waals surface area contributed by atoms with Gasteiger partial charge in [0.15, 0.2) is 6.04 Å². The summed E-state index contributed by atoms with van der Waals surface area (Å²) in [5.41, 5.74) is 1.85. The highest BCUT2D eigenvalue weighted by molar-refractivity contribution is 5.94. The van der Waals surface area contributed by atoms with Crippen molar-refractivity contribution < 1.29 is 29.0 Å². The van der Waals surface area contributed by atoms with Crippen LogP contribution in [0.1, 0.15) is 24.8 Å². The van der Waals surface area contributed by atoms with E-state index in [9.17, 15) is 14.4 Å². The highest BCUT2D eigenvalue weighted by atomic mass is 16.5. The first-order valence-electron chi connectivity index (χ1n) is 8.70. The number of morpholine rings is 1.